The molecule has 5 rings (SSSR count). The second-order valence-electron chi connectivity index (χ2n) is 7.62. The van der Waals surface area contributed by atoms with E-state index in [1.54, 1.807) is 17.6 Å². The molecule has 0 saturated heterocycles. The molecule has 0 spiro atoms. The zero-order valence-corrected chi connectivity index (χ0v) is 20.8. The molecule has 2 aliphatic rings. The van der Waals surface area contributed by atoms with Crippen LogP contribution >= 0.6 is 7.82 Å². The smallest absolute Gasteiger partial charge is 0.756 e. The van der Waals surface area contributed by atoms with Crippen LogP contribution in [-0.2, 0) is 42.1 Å². The van der Waals surface area contributed by atoms with Gasteiger partial charge in [0.2, 0.25) is 0 Å². The molecule has 0 bridgehead atoms. The Hall–Kier alpha value is -1.88. The summed E-state index contributed by atoms with van der Waals surface area (Å²) in [4.78, 5) is 50.6. The van der Waals surface area contributed by atoms with Crippen LogP contribution in [0.4, 0.5) is 0 Å². The number of phosphoric acid groups is 1. The SMILES string of the molecule is CC[C@@]1(OCOP(=O)([O-])O)C(=O)OCc2c1cc1n(c2=O)Cc2cc3ccccc3nc2-1.[Na+]. The van der Waals surface area contributed by atoms with E-state index in [0.29, 0.717) is 17.9 Å². The number of benzene rings is 1. The molecule has 1 unspecified atom stereocenters. The van der Waals surface area contributed by atoms with Gasteiger partial charge in [-0.15, -0.1) is 0 Å². The molecule has 166 valence electrons. The quantitative estimate of drug-likeness (QED) is 0.157. The number of hydrogen-bond acceptors (Lipinski definition) is 8. The number of carbonyl (C=O) groups is 1. The first kappa shape index (κ1) is 24.3. The van der Waals surface area contributed by atoms with Crippen LogP contribution in [0.15, 0.2) is 41.2 Å². The molecule has 2 aromatic heterocycles. The largest absolute Gasteiger partial charge is 1.00 e. The molecular weight excluding hydrogens is 462 g/mol. The molecule has 0 radical (unpaired) electrons. The molecule has 0 fully saturated rings. The number of cyclic esters (lactones) is 1. The second kappa shape index (κ2) is 8.72. The molecule has 1 N–H and O–H groups in total. The Balaban J connectivity index is 0.00000259. The molecule has 4 heterocycles. The van der Waals surface area contributed by atoms with E-state index in [1.165, 1.54) is 0 Å². The van der Waals surface area contributed by atoms with E-state index in [2.05, 4.69) is 4.52 Å². The Morgan fingerprint density at radius 2 is 2.06 bits per heavy atom. The third kappa shape index (κ3) is 4.00. The number of fused-ring (bicyclic) bond motifs is 5. The van der Waals surface area contributed by atoms with Crippen molar-refractivity contribution < 1.29 is 62.7 Å². The molecule has 0 amide bonds. The van der Waals surface area contributed by atoms with Crippen molar-refractivity contribution in [1.82, 2.24) is 9.55 Å². The number of phosphoric ester groups is 1. The van der Waals surface area contributed by atoms with E-state index in [0.717, 1.165) is 16.5 Å². The predicted molar refractivity (Wildman–Crippen MR) is 109 cm³/mol. The fraction of sp³-hybridized carbons (Fsp3) is 0.286. The minimum atomic E-state index is -5.07. The average molecular weight is 480 g/mol. The fourth-order valence-corrected chi connectivity index (χ4v) is 4.53. The number of rotatable bonds is 5. The Labute approximate surface area is 210 Å². The average Bonchev–Trinajstić information content (AvgIpc) is 3.11. The number of esters is 1. The van der Waals surface area contributed by atoms with Crippen molar-refractivity contribution in [2.24, 2.45) is 0 Å². The van der Waals surface area contributed by atoms with Gasteiger partial charge in [0.15, 0.2) is 12.4 Å². The zero-order valence-electron chi connectivity index (χ0n) is 17.9. The monoisotopic (exact) mass is 480 g/mol. The van der Waals surface area contributed by atoms with Crippen molar-refractivity contribution in [3.8, 4) is 11.4 Å². The minimum absolute atomic E-state index is 0. The maximum Gasteiger partial charge on any atom is 1.00 e. The molecule has 0 aliphatic carbocycles. The Bertz CT molecular complexity index is 1380. The van der Waals surface area contributed by atoms with E-state index in [-0.39, 0.29) is 59.3 Å². The number of carbonyl (C=O) groups excluding carboxylic acids is 1. The van der Waals surface area contributed by atoms with Crippen LogP contribution in [0.1, 0.15) is 30.0 Å². The number of hydrogen-bond donors (Lipinski definition) is 1. The van der Waals surface area contributed by atoms with Crippen LogP contribution in [-0.4, -0.2) is 27.2 Å². The van der Waals surface area contributed by atoms with Crippen LogP contribution < -0.4 is 40.0 Å². The molecule has 12 heteroatoms. The first-order valence-electron chi connectivity index (χ1n) is 9.89. The van der Waals surface area contributed by atoms with Crippen molar-refractivity contribution >= 4 is 24.7 Å². The van der Waals surface area contributed by atoms with E-state index >= 15 is 0 Å². The summed E-state index contributed by atoms with van der Waals surface area (Å²) in [7, 11) is -5.07. The number of para-hydroxylation sites is 1. The van der Waals surface area contributed by atoms with Gasteiger partial charge in [0.1, 0.15) is 6.61 Å². The summed E-state index contributed by atoms with van der Waals surface area (Å²) >= 11 is 0. The Morgan fingerprint density at radius 1 is 1.30 bits per heavy atom. The van der Waals surface area contributed by atoms with Crippen molar-refractivity contribution in [3.63, 3.8) is 0 Å². The van der Waals surface area contributed by atoms with Gasteiger partial charge in [-0.3, -0.25) is 13.9 Å². The first-order valence-corrected chi connectivity index (χ1v) is 11.4. The fourth-order valence-electron chi connectivity index (χ4n) is 4.35. The molecule has 2 aliphatic heterocycles. The van der Waals surface area contributed by atoms with Crippen LogP contribution in [0.25, 0.3) is 22.3 Å². The summed E-state index contributed by atoms with van der Waals surface area (Å²) in [6, 6.07) is 11.3. The van der Waals surface area contributed by atoms with Crippen LogP contribution in [0.2, 0.25) is 0 Å². The van der Waals surface area contributed by atoms with Crippen molar-refractivity contribution in [3.05, 3.63) is 63.4 Å². The normalized spacial score (nSPS) is 20.3. The number of pyridine rings is 2. The van der Waals surface area contributed by atoms with E-state index in [1.807, 2.05) is 30.3 Å². The molecule has 3 aromatic rings. The summed E-state index contributed by atoms with van der Waals surface area (Å²) in [5.74, 6) is -0.774. The van der Waals surface area contributed by atoms with Gasteiger partial charge in [-0.1, -0.05) is 25.1 Å². The van der Waals surface area contributed by atoms with Gasteiger partial charge >= 0.3 is 35.5 Å². The number of ether oxygens (including phenoxy) is 2. The van der Waals surface area contributed by atoms with Gasteiger partial charge in [-0.25, -0.2) is 9.78 Å². The summed E-state index contributed by atoms with van der Waals surface area (Å²) in [6.07, 6.45) is 0.0394. The summed E-state index contributed by atoms with van der Waals surface area (Å²) in [5, 5.41) is 0.949. The standard InChI is InChI=1S/C21H19N2O8P.Na/c1-2-21(30-11-31-32(26,27)28)15-8-17-18-13(7-12-5-3-4-6-16(12)22-18)9-23(17)19(24)14(15)10-29-20(21)25;/h3-8H,2,9-11H2,1H3,(H2,26,27,28);/q;+1/p-1/t21-;/m0./s1. The van der Waals surface area contributed by atoms with Gasteiger partial charge in [0, 0.05) is 16.5 Å². The number of nitrogens with zero attached hydrogens (tertiary/aromatic N) is 2. The third-order valence-electron chi connectivity index (χ3n) is 5.91. The van der Waals surface area contributed by atoms with E-state index in [9.17, 15) is 19.0 Å². The zero-order chi connectivity index (χ0) is 22.7. The van der Waals surface area contributed by atoms with Gasteiger partial charge in [-0.2, -0.15) is 0 Å². The minimum Gasteiger partial charge on any atom is -0.756 e. The topological polar surface area (TPSA) is 140 Å². The summed E-state index contributed by atoms with van der Waals surface area (Å²) in [5.41, 5.74) is 1.20. The third-order valence-corrected chi connectivity index (χ3v) is 6.34. The summed E-state index contributed by atoms with van der Waals surface area (Å²) < 4.78 is 27.5. The van der Waals surface area contributed by atoms with Gasteiger partial charge in [0.05, 0.1) is 29.0 Å². The van der Waals surface area contributed by atoms with Crippen molar-refractivity contribution in [1.29, 1.82) is 0 Å². The first-order chi connectivity index (χ1) is 15.2. The predicted octanol–water partition coefficient (Wildman–Crippen LogP) is -1.46. The Morgan fingerprint density at radius 3 is 2.79 bits per heavy atom. The van der Waals surface area contributed by atoms with Gasteiger partial charge in [0.25, 0.3) is 13.4 Å². The van der Waals surface area contributed by atoms with Crippen LogP contribution in [0, 0.1) is 0 Å². The molecule has 33 heavy (non-hydrogen) atoms. The van der Waals surface area contributed by atoms with Crippen molar-refractivity contribution in [2.45, 2.75) is 32.1 Å². The second-order valence-corrected chi connectivity index (χ2v) is 8.81. The van der Waals surface area contributed by atoms with E-state index < -0.39 is 26.2 Å². The molecular formula is C21H18N2NaO8P. The molecule has 1 aromatic carbocycles. The van der Waals surface area contributed by atoms with Crippen LogP contribution in [0.3, 0.4) is 0 Å². The maximum absolute atomic E-state index is 13.3. The maximum atomic E-state index is 13.3. The summed E-state index contributed by atoms with van der Waals surface area (Å²) in [6.45, 7) is 0.814. The van der Waals surface area contributed by atoms with Crippen LogP contribution in [0.5, 0.6) is 0 Å². The molecule has 10 nitrogen and oxygen atoms in total. The van der Waals surface area contributed by atoms with Gasteiger partial charge in [-0.05, 0) is 24.6 Å². The Kier molecular flexibility index (Phi) is 6.41. The number of aromatic nitrogens is 2. The van der Waals surface area contributed by atoms with Gasteiger partial charge < -0.3 is 23.8 Å². The molecule has 2 atom stereocenters. The van der Waals surface area contributed by atoms with Crippen molar-refractivity contribution in [2.75, 3.05) is 6.79 Å². The van der Waals surface area contributed by atoms with E-state index in [4.69, 9.17) is 19.4 Å². The molecule has 0 saturated carbocycles.